The Hall–Kier alpha value is -0.700. The first kappa shape index (κ1) is 8.40. The van der Waals surface area contributed by atoms with Gasteiger partial charge in [-0.25, -0.2) is 8.78 Å². The fourth-order valence-electron chi connectivity index (χ4n) is 0.665. The molecule has 3 heteroatoms. The summed E-state index contributed by atoms with van der Waals surface area (Å²) in [5.41, 5.74) is 0.545. The van der Waals surface area contributed by atoms with Gasteiger partial charge in [0, 0.05) is 4.48 Å². The van der Waals surface area contributed by atoms with Crippen molar-refractivity contribution < 1.29 is 8.78 Å². The fraction of sp³-hybridized carbons (Fsp3) is 0. The zero-order valence-corrected chi connectivity index (χ0v) is 7.16. The molecule has 0 aliphatic carbocycles. The van der Waals surface area contributed by atoms with Crippen molar-refractivity contribution in [2.45, 2.75) is 0 Å². The zero-order valence-electron chi connectivity index (χ0n) is 5.57. The summed E-state index contributed by atoms with van der Waals surface area (Å²) < 4.78 is 25.4. The molecule has 11 heavy (non-hydrogen) atoms. The Morgan fingerprint density at radius 1 is 1.27 bits per heavy atom. The molecular formula is C8H5BrF2. The number of rotatable bonds is 1. The number of hydrogen-bond donors (Lipinski definition) is 0. The van der Waals surface area contributed by atoms with Gasteiger partial charge in [-0.2, -0.15) is 0 Å². The molecule has 0 radical (unpaired) electrons. The van der Waals surface area contributed by atoms with E-state index in [1.807, 2.05) is 0 Å². The lowest BCUT2D eigenvalue weighted by Gasteiger charge is -1.97. The van der Waals surface area contributed by atoms with Gasteiger partial charge >= 0.3 is 0 Å². The maximum atomic E-state index is 12.5. The highest BCUT2D eigenvalue weighted by atomic mass is 79.9. The van der Waals surface area contributed by atoms with Crippen LogP contribution in [0.4, 0.5) is 8.78 Å². The smallest absolute Gasteiger partial charge is 0.159 e. The lowest BCUT2D eigenvalue weighted by molar-refractivity contribution is 0.508. The molecule has 1 aromatic carbocycles. The quantitative estimate of drug-likeness (QED) is 0.679. The molecule has 0 saturated heterocycles. The second kappa shape index (κ2) is 3.13. The lowest BCUT2D eigenvalue weighted by atomic mass is 10.2. The van der Waals surface area contributed by atoms with Crippen LogP contribution in [0, 0.1) is 11.6 Å². The molecule has 0 fully saturated rings. The third kappa shape index (κ3) is 1.87. The van der Waals surface area contributed by atoms with Crippen molar-refractivity contribution in [1.29, 1.82) is 0 Å². The standard InChI is InChI=1S/C8H5BrF2/c1-5(9)6-2-3-7(10)8(11)4-6/h2-4H,1H2. The molecule has 1 aromatic rings. The minimum Gasteiger partial charge on any atom is -0.204 e. The van der Waals surface area contributed by atoms with Crippen molar-refractivity contribution in [1.82, 2.24) is 0 Å². The molecule has 0 unspecified atom stereocenters. The number of benzene rings is 1. The highest BCUT2D eigenvalue weighted by molar-refractivity contribution is 9.15. The third-order valence-corrected chi connectivity index (χ3v) is 1.69. The van der Waals surface area contributed by atoms with Gasteiger partial charge < -0.3 is 0 Å². The van der Waals surface area contributed by atoms with Gasteiger partial charge in [0.15, 0.2) is 11.6 Å². The summed E-state index contributed by atoms with van der Waals surface area (Å²) >= 11 is 3.06. The molecule has 0 aromatic heterocycles. The van der Waals surface area contributed by atoms with E-state index < -0.39 is 11.6 Å². The summed E-state index contributed by atoms with van der Waals surface area (Å²) in [6.45, 7) is 3.52. The SMILES string of the molecule is C=C(Br)c1ccc(F)c(F)c1. The van der Waals surface area contributed by atoms with E-state index in [2.05, 4.69) is 22.5 Å². The Morgan fingerprint density at radius 2 is 1.91 bits per heavy atom. The molecule has 58 valence electrons. The van der Waals surface area contributed by atoms with Gasteiger partial charge in [0.25, 0.3) is 0 Å². The average molecular weight is 219 g/mol. The van der Waals surface area contributed by atoms with Gasteiger partial charge in [-0.05, 0) is 17.7 Å². The minimum atomic E-state index is -0.858. The van der Waals surface area contributed by atoms with Crippen LogP contribution >= 0.6 is 15.9 Å². The number of hydrogen-bond acceptors (Lipinski definition) is 0. The van der Waals surface area contributed by atoms with Crippen molar-refractivity contribution in [3.8, 4) is 0 Å². The van der Waals surface area contributed by atoms with Crippen molar-refractivity contribution in [3.63, 3.8) is 0 Å². The topological polar surface area (TPSA) is 0 Å². The molecule has 1 rings (SSSR count). The van der Waals surface area contributed by atoms with E-state index in [4.69, 9.17) is 0 Å². The van der Waals surface area contributed by atoms with Crippen LogP contribution in [0.1, 0.15) is 5.56 Å². The van der Waals surface area contributed by atoms with Crippen molar-refractivity contribution in [2.24, 2.45) is 0 Å². The third-order valence-electron chi connectivity index (χ3n) is 1.23. The zero-order chi connectivity index (χ0) is 8.43. The van der Waals surface area contributed by atoms with Gasteiger partial charge in [-0.3, -0.25) is 0 Å². The van der Waals surface area contributed by atoms with Gasteiger partial charge in [-0.15, -0.1) is 0 Å². The maximum absolute atomic E-state index is 12.5. The Balaban J connectivity index is 3.15. The summed E-state index contributed by atoms with van der Waals surface area (Å²) in [7, 11) is 0. The summed E-state index contributed by atoms with van der Waals surface area (Å²) in [5, 5.41) is 0. The first-order chi connectivity index (χ1) is 5.11. The lowest BCUT2D eigenvalue weighted by Crippen LogP contribution is -1.84. The van der Waals surface area contributed by atoms with E-state index in [0.29, 0.717) is 10.0 Å². The van der Waals surface area contributed by atoms with E-state index in [-0.39, 0.29) is 0 Å². The molecule has 0 bridgehead atoms. The highest BCUT2D eigenvalue weighted by Crippen LogP contribution is 2.20. The van der Waals surface area contributed by atoms with Crippen molar-refractivity contribution in [2.75, 3.05) is 0 Å². The second-order valence-corrected chi connectivity index (χ2v) is 2.99. The fourth-order valence-corrected chi connectivity index (χ4v) is 0.911. The molecule has 0 amide bonds. The summed E-state index contributed by atoms with van der Waals surface area (Å²) in [6, 6.07) is 3.61. The Morgan fingerprint density at radius 3 is 2.36 bits per heavy atom. The van der Waals surface area contributed by atoms with Crippen LogP contribution in [-0.2, 0) is 0 Å². The van der Waals surface area contributed by atoms with Crippen LogP contribution in [0.15, 0.2) is 24.8 Å². The van der Waals surface area contributed by atoms with Crippen molar-refractivity contribution in [3.05, 3.63) is 42.0 Å². The summed E-state index contributed by atoms with van der Waals surface area (Å²) in [5.74, 6) is -1.70. The average Bonchev–Trinajstić information content (AvgIpc) is 1.94. The number of halogens is 3. The van der Waals surface area contributed by atoms with E-state index in [1.54, 1.807) is 0 Å². The van der Waals surface area contributed by atoms with Gasteiger partial charge in [0.2, 0.25) is 0 Å². The van der Waals surface area contributed by atoms with Crippen LogP contribution in [0.2, 0.25) is 0 Å². The first-order valence-electron chi connectivity index (χ1n) is 2.91. The van der Waals surface area contributed by atoms with Crippen LogP contribution < -0.4 is 0 Å². The molecule has 0 aliphatic heterocycles. The molecular weight excluding hydrogens is 214 g/mol. The largest absolute Gasteiger partial charge is 0.204 e. The molecule has 0 N–H and O–H groups in total. The van der Waals surface area contributed by atoms with E-state index in [1.165, 1.54) is 6.07 Å². The molecule has 0 saturated carbocycles. The predicted molar refractivity (Wildman–Crippen MR) is 44.3 cm³/mol. The van der Waals surface area contributed by atoms with E-state index in [9.17, 15) is 8.78 Å². The summed E-state index contributed by atoms with van der Waals surface area (Å²) in [4.78, 5) is 0. The summed E-state index contributed by atoms with van der Waals surface area (Å²) in [6.07, 6.45) is 0. The van der Waals surface area contributed by atoms with Gasteiger partial charge in [-0.1, -0.05) is 28.6 Å². The Labute approximate surface area is 71.7 Å². The highest BCUT2D eigenvalue weighted by Gasteiger charge is 2.02. The maximum Gasteiger partial charge on any atom is 0.159 e. The molecule has 0 atom stereocenters. The monoisotopic (exact) mass is 218 g/mol. The molecule has 0 spiro atoms. The Kier molecular flexibility index (Phi) is 2.39. The normalized spacial score (nSPS) is 9.73. The molecule has 0 heterocycles. The minimum absolute atomic E-state index is 0.538. The van der Waals surface area contributed by atoms with Gasteiger partial charge in [0.05, 0.1) is 0 Å². The van der Waals surface area contributed by atoms with Crippen LogP contribution in [-0.4, -0.2) is 0 Å². The van der Waals surface area contributed by atoms with E-state index in [0.717, 1.165) is 12.1 Å². The predicted octanol–water partition coefficient (Wildman–Crippen LogP) is 3.33. The van der Waals surface area contributed by atoms with E-state index >= 15 is 0 Å². The van der Waals surface area contributed by atoms with Crippen LogP contribution in [0.25, 0.3) is 4.48 Å². The molecule has 0 aliphatic rings. The second-order valence-electron chi connectivity index (χ2n) is 2.03. The molecule has 0 nitrogen and oxygen atoms in total. The first-order valence-corrected chi connectivity index (χ1v) is 3.70. The van der Waals surface area contributed by atoms with Crippen molar-refractivity contribution >= 4 is 20.4 Å². The van der Waals surface area contributed by atoms with Crippen LogP contribution in [0.3, 0.4) is 0 Å². The Bertz CT molecular complexity index is 294. The van der Waals surface area contributed by atoms with Gasteiger partial charge in [0.1, 0.15) is 0 Å². The van der Waals surface area contributed by atoms with Crippen LogP contribution in [0.5, 0.6) is 0 Å².